The summed E-state index contributed by atoms with van der Waals surface area (Å²) < 4.78 is 16.9. The third kappa shape index (κ3) is 64.4. The Labute approximate surface area is 494 Å². The van der Waals surface area contributed by atoms with E-state index in [0.717, 1.165) is 154 Å². The molecular weight excluding hydrogens is 985 g/mol. The van der Waals surface area contributed by atoms with Gasteiger partial charge in [0, 0.05) is 19.3 Å². The predicted molar refractivity (Wildman–Crippen MR) is 348 cm³/mol. The molecule has 1 atom stereocenters. The lowest BCUT2D eigenvalue weighted by Crippen LogP contribution is -2.30. The average Bonchev–Trinajstić information content (AvgIpc) is 3.46. The molecule has 0 N–H and O–H groups in total. The van der Waals surface area contributed by atoms with Gasteiger partial charge in [-0.15, -0.1) is 0 Å². The molecule has 0 spiro atoms. The fourth-order valence-corrected chi connectivity index (χ4v) is 8.90. The van der Waals surface area contributed by atoms with Gasteiger partial charge in [0.25, 0.3) is 0 Å². The average molecular weight is 1110 g/mol. The lowest BCUT2D eigenvalue weighted by atomic mass is 10.0. The second-order valence-electron chi connectivity index (χ2n) is 21.6. The van der Waals surface area contributed by atoms with Gasteiger partial charge < -0.3 is 14.2 Å². The van der Waals surface area contributed by atoms with Crippen LogP contribution >= 0.6 is 0 Å². The minimum absolute atomic E-state index is 0.0935. The maximum Gasteiger partial charge on any atom is 0.306 e. The topological polar surface area (TPSA) is 78.9 Å². The zero-order valence-corrected chi connectivity index (χ0v) is 52.0. The first-order valence-corrected chi connectivity index (χ1v) is 33.2. The number of rotatable bonds is 59. The number of carbonyl (C=O) groups is 3. The fourth-order valence-electron chi connectivity index (χ4n) is 8.90. The molecule has 0 radical (unpaired) electrons. The summed E-state index contributed by atoms with van der Waals surface area (Å²) in [7, 11) is 0. The Morgan fingerprint density at radius 3 is 0.825 bits per heavy atom. The Balaban J connectivity index is 4.32. The largest absolute Gasteiger partial charge is 0.462 e. The van der Waals surface area contributed by atoms with Gasteiger partial charge in [-0.1, -0.05) is 276 Å². The van der Waals surface area contributed by atoms with E-state index in [1.165, 1.54) is 103 Å². The quantitative estimate of drug-likeness (QED) is 0.0261. The van der Waals surface area contributed by atoms with E-state index in [9.17, 15) is 14.4 Å². The number of hydrogen-bond donors (Lipinski definition) is 0. The van der Waals surface area contributed by atoms with Crippen LogP contribution in [0.1, 0.15) is 297 Å². The number of hydrogen-bond acceptors (Lipinski definition) is 6. The third-order valence-corrected chi connectivity index (χ3v) is 13.8. The van der Waals surface area contributed by atoms with E-state index in [2.05, 4.69) is 154 Å². The van der Waals surface area contributed by atoms with Crippen molar-refractivity contribution in [3.63, 3.8) is 0 Å². The van der Waals surface area contributed by atoms with Gasteiger partial charge in [-0.05, 0) is 135 Å². The van der Waals surface area contributed by atoms with E-state index in [-0.39, 0.29) is 31.1 Å². The SMILES string of the molecule is CC/C=C\C/C=C\C/C=C\C/C=C\C/C=C\C/C=C\C/C=C\CCCCCCCC(=O)OCC(COC(=O)CCCCCCC/C=C\CCC)OC(=O)CCCCCCCCCCCC/C=C\C/C=C\C/C=C\CCCCCCC. The number of unbranched alkanes of at least 4 members (excludes halogenated alkanes) is 26. The molecule has 6 nitrogen and oxygen atoms in total. The van der Waals surface area contributed by atoms with Crippen LogP contribution in [0, 0.1) is 0 Å². The van der Waals surface area contributed by atoms with Crippen LogP contribution < -0.4 is 0 Å². The van der Waals surface area contributed by atoms with Crippen LogP contribution in [0.3, 0.4) is 0 Å². The van der Waals surface area contributed by atoms with Crippen molar-refractivity contribution in [2.24, 2.45) is 0 Å². The Morgan fingerprint density at radius 1 is 0.263 bits per heavy atom. The number of esters is 3. The molecule has 0 aromatic heterocycles. The normalized spacial score (nSPS) is 13.0. The Bertz CT molecular complexity index is 1700. The van der Waals surface area contributed by atoms with Crippen molar-refractivity contribution >= 4 is 17.9 Å². The molecule has 0 aliphatic carbocycles. The van der Waals surface area contributed by atoms with Crippen molar-refractivity contribution in [2.75, 3.05) is 13.2 Å². The molecule has 0 aromatic carbocycles. The summed E-state index contributed by atoms with van der Waals surface area (Å²) in [5.74, 6) is -0.925. The standard InChI is InChI=1S/C74H122O6/c1-4-7-10-13-16-19-22-24-26-28-30-32-34-36-37-39-40-42-44-46-48-50-52-55-58-61-64-67-73(76)79-70-71(69-78-72(75)66-63-60-57-54-21-18-15-12-9-6-3)80-74(77)68-65-62-59-56-53-51-49-47-45-43-41-38-35-33-31-29-27-25-23-20-17-14-11-8-5-2/h7,10,12,15-16,19,23-26,29-32,35-38,40,42,46,48,71H,4-6,8-9,11,13-14,17-18,20-22,27-28,33-34,39,41,43-45,47,49-70H2,1-3H3/b10-7-,15-12-,19-16-,25-23-,26-24-,31-29-,32-30-,37-36-,38-35-,42-40-,48-46-. The molecule has 0 aliphatic heterocycles. The summed E-state index contributed by atoms with van der Waals surface area (Å²) in [6.45, 7) is 6.43. The highest BCUT2D eigenvalue weighted by atomic mass is 16.6. The van der Waals surface area contributed by atoms with Gasteiger partial charge in [-0.25, -0.2) is 0 Å². The fraction of sp³-hybridized carbons (Fsp3) is 0.662. The maximum atomic E-state index is 12.9. The van der Waals surface area contributed by atoms with E-state index in [0.29, 0.717) is 19.3 Å². The van der Waals surface area contributed by atoms with Crippen LogP contribution in [-0.2, 0) is 28.6 Å². The summed E-state index contributed by atoms with van der Waals surface area (Å²) in [5.41, 5.74) is 0. The van der Waals surface area contributed by atoms with Crippen LogP contribution in [0.4, 0.5) is 0 Å². The number of ether oxygens (including phenoxy) is 3. The first-order valence-electron chi connectivity index (χ1n) is 33.2. The summed E-state index contributed by atoms with van der Waals surface area (Å²) in [4.78, 5) is 38.3. The van der Waals surface area contributed by atoms with Crippen LogP contribution in [-0.4, -0.2) is 37.2 Å². The smallest absolute Gasteiger partial charge is 0.306 e. The molecular formula is C74H122O6. The van der Waals surface area contributed by atoms with Crippen molar-refractivity contribution < 1.29 is 28.6 Å². The first kappa shape index (κ1) is 75.5. The summed E-state index contributed by atoms with van der Waals surface area (Å²) >= 11 is 0. The molecule has 0 rings (SSSR count). The summed E-state index contributed by atoms with van der Waals surface area (Å²) in [6.07, 6.45) is 94.7. The molecule has 80 heavy (non-hydrogen) atoms. The summed E-state index contributed by atoms with van der Waals surface area (Å²) in [5, 5.41) is 0. The van der Waals surface area contributed by atoms with E-state index in [1.807, 2.05) is 0 Å². The monoisotopic (exact) mass is 1110 g/mol. The zero-order chi connectivity index (χ0) is 57.8. The molecule has 0 saturated carbocycles. The first-order chi connectivity index (χ1) is 39.5. The summed E-state index contributed by atoms with van der Waals surface area (Å²) in [6, 6.07) is 0. The second-order valence-corrected chi connectivity index (χ2v) is 21.6. The molecule has 0 fully saturated rings. The van der Waals surface area contributed by atoms with Crippen LogP contribution in [0.2, 0.25) is 0 Å². The molecule has 0 aliphatic rings. The van der Waals surface area contributed by atoms with Crippen molar-refractivity contribution in [3.05, 3.63) is 134 Å². The van der Waals surface area contributed by atoms with E-state index in [1.54, 1.807) is 0 Å². The highest BCUT2D eigenvalue weighted by Gasteiger charge is 2.19. The van der Waals surface area contributed by atoms with E-state index in [4.69, 9.17) is 14.2 Å². The molecule has 0 amide bonds. The van der Waals surface area contributed by atoms with Crippen molar-refractivity contribution in [3.8, 4) is 0 Å². The molecule has 0 bridgehead atoms. The van der Waals surface area contributed by atoms with Gasteiger partial charge in [-0.3, -0.25) is 14.4 Å². The molecule has 1 unspecified atom stereocenters. The highest BCUT2D eigenvalue weighted by Crippen LogP contribution is 2.15. The molecule has 0 aromatic rings. The Hall–Kier alpha value is -4.45. The highest BCUT2D eigenvalue weighted by molar-refractivity contribution is 5.71. The van der Waals surface area contributed by atoms with Crippen LogP contribution in [0.5, 0.6) is 0 Å². The second kappa shape index (κ2) is 67.1. The van der Waals surface area contributed by atoms with Gasteiger partial charge in [-0.2, -0.15) is 0 Å². The van der Waals surface area contributed by atoms with Gasteiger partial charge in [0.2, 0.25) is 0 Å². The van der Waals surface area contributed by atoms with Crippen LogP contribution in [0.15, 0.2) is 134 Å². The van der Waals surface area contributed by atoms with Crippen molar-refractivity contribution in [1.82, 2.24) is 0 Å². The molecule has 454 valence electrons. The third-order valence-electron chi connectivity index (χ3n) is 13.8. The van der Waals surface area contributed by atoms with Gasteiger partial charge >= 0.3 is 17.9 Å². The molecule has 0 heterocycles. The van der Waals surface area contributed by atoms with Crippen molar-refractivity contribution in [2.45, 2.75) is 303 Å². The van der Waals surface area contributed by atoms with Crippen LogP contribution in [0.25, 0.3) is 0 Å². The molecule has 6 heteroatoms. The maximum absolute atomic E-state index is 12.9. The van der Waals surface area contributed by atoms with Gasteiger partial charge in [0.05, 0.1) is 0 Å². The van der Waals surface area contributed by atoms with Gasteiger partial charge in [0.1, 0.15) is 13.2 Å². The minimum Gasteiger partial charge on any atom is -0.462 e. The number of carbonyl (C=O) groups excluding carboxylic acids is 3. The number of allylic oxidation sites excluding steroid dienone is 22. The molecule has 0 saturated heterocycles. The minimum atomic E-state index is -0.797. The lowest BCUT2D eigenvalue weighted by molar-refractivity contribution is -0.167. The van der Waals surface area contributed by atoms with E-state index < -0.39 is 6.10 Å². The Kier molecular flexibility index (Phi) is 63.3. The van der Waals surface area contributed by atoms with Gasteiger partial charge in [0.15, 0.2) is 6.10 Å². The Morgan fingerprint density at radius 2 is 0.512 bits per heavy atom. The van der Waals surface area contributed by atoms with Crippen molar-refractivity contribution in [1.29, 1.82) is 0 Å². The lowest BCUT2D eigenvalue weighted by Gasteiger charge is -2.18. The van der Waals surface area contributed by atoms with E-state index >= 15 is 0 Å². The predicted octanol–water partition coefficient (Wildman–Crippen LogP) is 22.9. The zero-order valence-electron chi connectivity index (χ0n) is 52.0.